The molecule has 4 heteroatoms. The highest BCUT2D eigenvalue weighted by molar-refractivity contribution is 6.34. The molecule has 0 unspecified atom stereocenters. The SMILES string of the molecule is Cc1ccc(C(=O)N(N)C(C)(C)C)c(Cl)c1C. The average Bonchev–Trinajstić information content (AvgIpc) is 2.23. The third kappa shape index (κ3) is 2.79. The number of halogens is 1. The highest BCUT2D eigenvalue weighted by Crippen LogP contribution is 2.25. The van der Waals surface area contributed by atoms with E-state index < -0.39 is 5.54 Å². The van der Waals surface area contributed by atoms with E-state index in [4.69, 9.17) is 17.4 Å². The molecule has 17 heavy (non-hydrogen) atoms. The van der Waals surface area contributed by atoms with Crippen LogP contribution in [0.2, 0.25) is 5.02 Å². The van der Waals surface area contributed by atoms with Crippen LogP contribution < -0.4 is 5.84 Å². The summed E-state index contributed by atoms with van der Waals surface area (Å²) in [6, 6.07) is 3.60. The highest BCUT2D eigenvalue weighted by atomic mass is 35.5. The summed E-state index contributed by atoms with van der Waals surface area (Å²) < 4.78 is 0. The van der Waals surface area contributed by atoms with Gasteiger partial charge in [-0.15, -0.1) is 0 Å². The molecule has 0 atom stereocenters. The van der Waals surface area contributed by atoms with Crippen LogP contribution >= 0.6 is 11.6 Å². The highest BCUT2D eigenvalue weighted by Gasteiger charge is 2.26. The number of benzene rings is 1. The molecule has 1 aromatic rings. The second-order valence-electron chi connectivity index (χ2n) is 5.21. The summed E-state index contributed by atoms with van der Waals surface area (Å²) in [6.45, 7) is 9.48. The first-order valence-corrected chi connectivity index (χ1v) is 5.89. The van der Waals surface area contributed by atoms with Gasteiger partial charge in [0.15, 0.2) is 0 Å². The molecule has 1 amide bonds. The summed E-state index contributed by atoms with van der Waals surface area (Å²) >= 11 is 6.18. The van der Waals surface area contributed by atoms with Crippen molar-refractivity contribution in [2.75, 3.05) is 0 Å². The van der Waals surface area contributed by atoms with Crippen LogP contribution in [0.1, 0.15) is 42.3 Å². The van der Waals surface area contributed by atoms with Gasteiger partial charge in [0, 0.05) is 0 Å². The number of aryl methyl sites for hydroxylation is 1. The molecule has 0 heterocycles. The number of amides is 1. The minimum absolute atomic E-state index is 0.259. The fraction of sp³-hybridized carbons (Fsp3) is 0.462. The molecule has 0 fully saturated rings. The van der Waals surface area contributed by atoms with Gasteiger partial charge < -0.3 is 0 Å². The van der Waals surface area contributed by atoms with Gasteiger partial charge in [0.2, 0.25) is 0 Å². The molecule has 0 aliphatic heterocycles. The quantitative estimate of drug-likeness (QED) is 0.476. The zero-order valence-electron chi connectivity index (χ0n) is 11.0. The zero-order valence-corrected chi connectivity index (χ0v) is 11.7. The van der Waals surface area contributed by atoms with Crippen molar-refractivity contribution in [2.45, 2.75) is 40.2 Å². The molecule has 0 aliphatic carbocycles. The lowest BCUT2D eigenvalue weighted by molar-refractivity contribution is 0.0582. The molecule has 0 radical (unpaired) electrons. The number of hydrogen-bond donors (Lipinski definition) is 1. The van der Waals surface area contributed by atoms with Gasteiger partial charge in [-0.1, -0.05) is 17.7 Å². The summed E-state index contributed by atoms with van der Waals surface area (Å²) in [5.74, 6) is 5.55. The Balaban J connectivity index is 3.19. The second kappa shape index (κ2) is 4.67. The third-order valence-electron chi connectivity index (χ3n) is 2.83. The molecule has 0 spiro atoms. The van der Waals surface area contributed by atoms with Gasteiger partial charge in [-0.05, 0) is 51.8 Å². The number of carbonyl (C=O) groups excluding carboxylic acids is 1. The van der Waals surface area contributed by atoms with Crippen LogP contribution in [0.3, 0.4) is 0 Å². The number of nitrogens with two attached hydrogens (primary N) is 1. The van der Waals surface area contributed by atoms with Crippen molar-refractivity contribution in [2.24, 2.45) is 5.84 Å². The second-order valence-corrected chi connectivity index (χ2v) is 5.59. The van der Waals surface area contributed by atoms with Gasteiger partial charge in [0.1, 0.15) is 0 Å². The van der Waals surface area contributed by atoms with Crippen LogP contribution in [0.5, 0.6) is 0 Å². The van der Waals surface area contributed by atoms with Gasteiger partial charge >= 0.3 is 0 Å². The van der Waals surface area contributed by atoms with Gasteiger partial charge in [-0.3, -0.25) is 9.80 Å². The Kier molecular flexibility index (Phi) is 3.84. The van der Waals surface area contributed by atoms with E-state index in [0.717, 1.165) is 11.1 Å². The Morgan fingerprint density at radius 1 is 1.29 bits per heavy atom. The van der Waals surface area contributed by atoms with Crippen molar-refractivity contribution < 1.29 is 4.79 Å². The maximum Gasteiger partial charge on any atom is 0.269 e. The summed E-state index contributed by atoms with van der Waals surface area (Å²) in [5.41, 5.74) is 2.00. The van der Waals surface area contributed by atoms with Crippen LogP contribution in [-0.4, -0.2) is 16.5 Å². The lowest BCUT2D eigenvalue weighted by Crippen LogP contribution is -2.50. The van der Waals surface area contributed by atoms with Crippen LogP contribution in [-0.2, 0) is 0 Å². The average molecular weight is 255 g/mol. The van der Waals surface area contributed by atoms with E-state index >= 15 is 0 Å². The van der Waals surface area contributed by atoms with Crippen LogP contribution in [0.25, 0.3) is 0 Å². The first-order valence-electron chi connectivity index (χ1n) is 5.51. The Labute approximate surface area is 108 Å². The summed E-state index contributed by atoms with van der Waals surface area (Å²) in [4.78, 5) is 12.2. The summed E-state index contributed by atoms with van der Waals surface area (Å²) in [5, 5.41) is 1.69. The normalized spacial score (nSPS) is 11.5. The largest absolute Gasteiger partial charge is 0.271 e. The first kappa shape index (κ1) is 14.0. The molecule has 1 aromatic carbocycles. The fourth-order valence-electron chi connectivity index (χ4n) is 1.38. The minimum atomic E-state index is -0.431. The Morgan fingerprint density at radius 2 is 1.82 bits per heavy atom. The molecule has 0 bridgehead atoms. The fourth-order valence-corrected chi connectivity index (χ4v) is 1.67. The van der Waals surface area contributed by atoms with E-state index in [0.29, 0.717) is 10.6 Å². The standard InChI is InChI=1S/C13H19ClN2O/c1-8-6-7-10(11(14)9(8)2)12(17)16(15)13(3,4)5/h6-7H,15H2,1-5H3. The van der Waals surface area contributed by atoms with Crippen molar-refractivity contribution in [3.05, 3.63) is 33.8 Å². The smallest absolute Gasteiger partial charge is 0.269 e. The number of rotatable bonds is 1. The van der Waals surface area contributed by atoms with Crippen molar-refractivity contribution >= 4 is 17.5 Å². The molecule has 0 saturated heterocycles. The number of carbonyl (C=O) groups is 1. The third-order valence-corrected chi connectivity index (χ3v) is 3.32. The van der Waals surface area contributed by atoms with Gasteiger partial charge in [-0.2, -0.15) is 0 Å². The van der Waals surface area contributed by atoms with E-state index in [1.807, 2.05) is 40.7 Å². The number of nitrogens with zero attached hydrogens (tertiary/aromatic N) is 1. The number of hydrazine groups is 1. The van der Waals surface area contributed by atoms with E-state index in [1.54, 1.807) is 6.07 Å². The summed E-state index contributed by atoms with van der Waals surface area (Å²) in [6.07, 6.45) is 0. The van der Waals surface area contributed by atoms with Crippen molar-refractivity contribution in [1.82, 2.24) is 5.01 Å². The minimum Gasteiger partial charge on any atom is -0.271 e. The number of hydrogen-bond acceptors (Lipinski definition) is 2. The molecule has 0 aromatic heterocycles. The molecule has 2 N–H and O–H groups in total. The molecule has 0 aliphatic rings. The maximum atomic E-state index is 12.2. The maximum absolute atomic E-state index is 12.2. The first-order chi connectivity index (χ1) is 7.66. The molecule has 3 nitrogen and oxygen atoms in total. The van der Waals surface area contributed by atoms with E-state index in [9.17, 15) is 4.79 Å². The van der Waals surface area contributed by atoms with Crippen LogP contribution in [0.15, 0.2) is 12.1 Å². The van der Waals surface area contributed by atoms with Crippen molar-refractivity contribution in [1.29, 1.82) is 0 Å². The summed E-state index contributed by atoms with van der Waals surface area (Å²) in [7, 11) is 0. The van der Waals surface area contributed by atoms with E-state index in [1.165, 1.54) is 5.01 Å². The molecule has 0 saturated carbocycles. The molecular formula is C13H19ClN2O. The topological polar surface area (TPSA) is 46.3 Å². The van der Waals surface area contributed by atoms with Crippen molar-refractivity contribution in [3.63, 3.8) is 0 Å². The predicted molar refractivity (Wildman–Crippen MR) is 71.0 cm³/mol. The molecule has 94 valence electrons. The van der Waals surface area contributed by atoms with E-state index in [2.05, 4.69) is 0 Å². The Morgan fingerprint density at radius 3 is 2.29 bits per heavy atom. The molecular weight excluding hydrogens is 236 g/mol. The van der Waals surface area contributed by atoms with Gasteiger partial charge in [0.25, 0.3) is 5.91 Å². The predicted octanol–water partition coefficient (Wildman–Crippen LogP) is 3.07. The lowest BCUT2D eigenvalue weighted by atomic mass is 10.0. The molecule has 1 rings (SSSR count). The van der Waals surface area contributed by atoms with Gasteiger partial charge in [-0.25, -0.2) is 5.84 Å². The van der Waals surface area contributed by atoms with Crippen molar-refractivity contribution in [3.8, 4) is 0 Å². The van der Waals surface area contributed by atoms with E-state index in [-0.39, 0.29) is 5.91 Å². The van der Waals surface area contributed by atoms with Gasteiger partial charge in [0.05, 0.1) is 16.1 Å². The monoisotopic (exact) mass is 254 g/mol. The van der Waals surface area contributed by atoms with Crippen LogP contribution in [0, 0.1) is 13.8 Å². The zero-order chi connectivity index (χ0) is 13.4. The van der Waals surface area contributed by atoms with Crippen LogP contribution in [0.4, 0.5) is 0 Å². The Bertz CT molecular complexity index is 449. The lowest BCUT2D eigenvalue weighted by Gasteiger charge is -2.31. The Hall–Kier alpha value is -1.06.